The number of H-pyrrole nitrogens is 1. The Bertz CT molecular complexity index is 1760. The highest BCUT2D eigenvalue weighted by molar-refractivity contribution is 6.17. The number of rotatable bonds is 11. The Labute approximate surface area is 291 Å². The van der Waals surface area contributed by atoms with Crippen molar-refractivity contribution in [2.75, 3.05) is 16.8 Å². The van der Waals surface area contributed by atoms with Crippen molar-refractivity contribution in [3.63, 3.8) is 0 Å². The van der Waals surface area contributed by atoms with E-state index in [0.29, 0.717) is 48.5 Å². The van der Waals surface area contributed by atoms with Gasteiger partial charge in [0.25, 0.3) is 5.91 Å². The second-order valence-electron chi connectivity index (χ2n) is 14.1. The second-order valence-corrected chi connectivity index (χ2v) is 14.1. The number of nitrogens with two attached hydrogens (primary N) is 1. The van der Waals surface area contributed by atoms with E-state index in [4.69, 9.17) is 10.5 Å². The first-order valence-electron chi connectivity index (χ1n) is 17.1. The summed E-state index contributed by atoms with van der Waals surface area (Å²) in [5, 5.41) is 20.1. The van der Waals surface area contributed by atoms with Crippen molar-refractivity contribution in [2.45, 2.75) is 83.4 Å². The first-order chi connectivity index (χ1) is 24.0. The zero-order valence-corrected chi connectivity index (χ0v) is 28.6. The van der Waals surface area contributed by atoms with Crippen LogP contribution in [0.3, 0.4) is 0 Å². The number of tetrazole rings is 1. The molecule has 2 aromatic heterocycles. The molecule has 0 bridgehead atoms. The minimum atomic E-state index is -0.983. The number of ether oxygens (including phenoxy) is 1. The molecule has 262 valence electrons. The maximum Gasteiger partial charge on any atom is 0.407 e. The van der Waals surface area contributed by atoms with Crippen LogP contribution < -0.4 is 21.3 Å². The molecular formula is C36H44N10O4. The Morgan fingerprint density at radius 3 is 2.32 bits per heavy atom. The lowest BCUT2D eigenvalue weighted by atomic mass is 9.81. The number of amides is 3. The summed E-state index contributed by atoms with van der Waals surface area (Å²) < 4.78 is 5.36. The van der Waals surface area contributed by atoms with Crippen molar-refractivity contribution in [2.24, 2.45) is 17.6 Å². The summed E-state index contributed by atoms with van der Waals surface area (Å²) in [5.41, 5.74) is 9.75. The van der Waals surface area contributed by atoms with Crippen LogP contribution in [-0.4, -0.2) is 72.7 Å². The lowest BCUT2D eigenvalue weighted by Crippen LogP contribution is -2.50. The van der Waals surface area contributed by atoms with Gasteiger partial charge in [0.1, 0.15) is 5.60 Å². The molecule has 4 aromatic rings. The van der Waals surface area contributed by atoms with Crippen molar-refractivity contribution in [3.8, 4) is 22.5 Å². The molecule has 14 heteroatoms. The summed E-state index contributed by atoms with van der Waals surface area (Å²) >= 11 is 0. The maximum atomic E-state index is 14.2. The lowest BCUT2D eigenvalue weighted by Gasteiger charge is -2.32. The van der Waals surface area contributed by atoms with E-state index < -0.39 is 23.6 Å². The first kappa shape index (κ1) is 34.6. The standard InChI is InChI=1S/C36H44N10O4/c1-36(2,3)50-35(49)40-19-22-7-9-25(10-8-22)32(47)46(29-15-11-24(12-16-29)31-42-44-45-43-31)33(48)30(37)18-23-5-4-6-26(17-23)27-20-38-34(39-21-27)41-28-13-14-28/h4-6,11-12,15-17,20-22,25,28,30H,7-10,13-14,18-19,37H2,1-3H3,(H,40,49)(H,38,39,41)(H,42,43,44,45)/t22-,25-,30-/m0/s1. The summed E-state index contributed by atoms with van der Waals surface area (Å²) in [7, 11) is 0. The van der Waals surface area contributed by atoms with E-state index in [9.17, 15) is 14.4 Å². The molecule has 0 saturated heterocycles. The number of aromatic nitrogens is 6. The number of alkyl carbamates (subject to hydrolysis) is 1. The number of benzene rings is 2. The minimum Gasteiger partial charge on any atom is -0.444 e. The molecule has 2 aromatic carbocycles. The summed E-state index contributed by atoms with van der Waals surface area (Å²) in [6, 6.07) is 14.2. The van der Waals surface area contributed by atoms with Gasteiger partial charge in [-0.1, -0.05) is 24.3 Å². The third kappa shape index (κ3) is 9.05. The number of imide groups is 1. The van der Waals surface area contributed by atoms with Crippen LogP contribution >= 0.6 is 0 Å². The van der Waals surface area contributed by atoms with Gasteiger partial charge in [0.2, 0.25) is 11.9 Å². The van der Waals surface area contributed by atoms with Crippen molar-refractivity contribution >= 4 is 29.5 Å². The molecule has 1 atom stereocenters. The zero-order valence-electron chi connectivity index (χ0n) is 28.6. The van der Waals surface area contributed by atoms with Gasteiger partial charge >= 0.3 is 6.09 Å². The Morgan fingerprint density at radius 1 is 0.960 bits per heavy atom. The number of carbonyl (C=O) groups excluding carboxylic acids is 3. The maximum absolute atomic E-state index is 14.2. The number of nitrogens with one attached hydrogen (secondary N) is 3. The molecule has 0 unspecified atom stereocenters. The third-order valence-corrected chi connectivity index (χ3v) is 8.91. The largest absolute Gasteiger partial charge is 0.444 e. The van der Waals surface area contributed by atoms with Crippen LogP contribution in [-0.2, 0) is 20.7 Å². The van der Waals surface area contributed by atoms with E-state index in [2.05, 4.69) is 41.2 Å². The predicted octanol–water partition coefficient (Wildman–Crippen LogP) is 4.66. The summed E-state index contributed by atoms with van der Waals surface area (Å²) in [5.74, 6) is 0.140. The van der Waals surface area contributed by atoms with E-state index in [1.54, 1.807) is 36.7 Å². The molecule has 0 aliphatic heterocycles. The Hall–Kier alpha value is -5.24. The quantitative estimate of drug-likeness (QED) is 0.172. The van der Waals surface area contributed by atoms with Crippen molar-refractivity contribution in [3.05, 3.63) is 66.5 Å². The molecule has 2 aliphatic carbocycles. The van der Waals surface area contributed by atoms with Gasteiger partial charge in [-0.2, -0.15) is 0 Å². The number of aromatic amines is 1. The molecule has 0 radical (unpaired) electrons. The minimum absolute atomic E-state index is 0.205. The summed E-state index contributed by atoms with van der Waals surface area (Å²) in [6.07, 6.45) is 8.23. The molecule has 50 heavy (non-hydrogen) atoms. The monoisotopic (exact) mass is 680 g/mol. The van der Waals surface area contributed by atoms with E-state index in [1.807, 2.05) is 45.0 Å². The topological polar surface area (TPSA) is 194 Å². The van der Waals surface area contributed by atoms with Gasteiger partial charge < -0.3 is 21.1 Å². The highest BCUT2D eigenvalue weighted by Gasteiger charge is 2.35. The van der Waals surface area contributed by atoms with Crippen LogP contribution in [0.5, 0.6) is 0 Å². The van der Waals surface area contributed by atoms with Crippen LogP contribution in [0.4, 0.5) is 16.4 Å². The van der Waals surface area contributed by atoms with Crippen LogP contribution in [0, 0.1) is 11.8 Å². The molecular weight excluding hydrogens is 636 g/mol. The van der Waals surface area contributed by atoms with E-state index in [1.165, 1.54) is 4.90 Å². The molecule has 2 aliphatic rings. The third-order valence-electron chi connectivity index (χ3n) is 8.91. The molecule has 2 saturated carbocycles. The smallest absolute Gasteiger partial charge is 0.407 e. The zero-order chi connectivity index (χ0) is 35.3. The van der Waals surface area contributed by atoms with Gasteiger partial charge in [-0.15, -0.1) is 5.10 Å². The highest BCUT2D eigenvalue weighted by atomic mass is 16.6. The van der Waals surface area contributed by atoms with Crippen LogP contribution in [0.1, 0.15) is 64.9 Å². The number of anilines is 2. The molecule has 0 spiro atoms. The van der Waals surface area contributed by atoms with Crippen LogP contribution in [0.25, 0.3) is 22.5 Å². The highest BCUT2D eigenvalue weighted by Crippen LogP contribution is 2.32. The number of hydrogen-bond donors (Lipinski definition) is 4. The molecule has 5 N–H and O–H groups in total. The number of nitrogens with zero attached hydrogens (tertiary/aromatic N) is 6. The molecule has 2 fully saturated rings. The Balaban J connectivity index is 1.14. The van der Waals surface area contributed by atoms with Gasteiger partial charge in [0.05, 0.1) is 11.7 Å². The van der Waals surface area contributed by atoms with Crippen LogP contribution in [0.2, 0.25) is 0 Å². The first-order valence-corrected chi connectivity index (χ1v) is 17.1. The van der Waals surface area contributed by atoms with Crippen molar-refractivity contribution in [1.29, 1.82) is 0 Å². The number of hydrogen-bond acceptors (Lipinski definition) is 11. The fourth-order valence-corrected chi connectivity index (χ4v) is 6.10. The average molecular weight is 681 g/mol. The molecule has 3 amide bonds. The number of carbonyl (C=O) groups is 3. The normalized spacial score (nSPS) is 18.2. The van der Waals surface area contributed by atoms with Crippen molar-refractivity contribution < 1.29 is 19.1 Å². The van der Waals surface area contributed by atoms with Gasteiger partial charge in [-0.3, -0.25) is 9.59 Å². The Kier molecular flexibility index (Phi) is 10.5. The summed E-state index contributed by atoms with van der Waals surface area (Å²) in [4.78, 5) is 50.6. The molecule has 14 nitrogen and oxygen atoms in total. The fourth-order valence-electron chi connectivity index (χ4n) is 6.10. The van der Waals surface area contributed by atoms with E-state index in [0.717, 1.165) is 42.4 Å². The second kappa shape index (κ2) is 15.1. The molecule has 2 heterocycles. The van der Waals surface area contributed by atoms with Gasteiger partial charge in [0.15, 0.2) is 5.82 Å². The average Bonchev–Trinajstić information content (AvgIpc) is 3.75. The van der Waals surface area contributed by atoms with Gasteiger partial charge in [0, 0.05) is 42.0 Å². The Morgan fingerprint density at radius 2 is 1.68 bits per heavy atom. The van der Waals surface area contributed by atoms with Gasteiger partial charge in [-0.05, 0) is 117 Å². The fraction of sp³-hybridized carbons (Fsp3) is 0.444. The molecule has 6 rings (SSSR count). The predicted molar refractivity (Wildman–Crippen MR) is 188 cm³/mol. The van der Waals surface area contributed by atoms with E-state index in [-0.39, 0.29) is 24.2 Å². The lowest BCUT2D eigenvalue weighted by molar-refractivity contribution is -0.130. The van der Waals surface area contributed by atoms with Gasteiger partial charge in [-0.25, -0.2) is 24.8 Å². The van der Waals surface area contributed by atoms with E-state index >= 15 is 0 Å². The summed E-state index contributed by atoms with van der Waals surface area (Å²) in [6.45, 7) is 5.93. The SMILES string of the molecule is CC(C)(C)OC(=O)NC[C@H]1CC[C@H](C(=O)N(C(=O)[C@@H](N)Cc2cccc(-c3cnc(NC4CC4)nc3)c2)c2ccc(-c3nnn[nH]3)cc2)CC1. The van der Waals surface area contributed by atoms with Crippen LogP contribution in [0.15, 0.2) is 60.9 Å². The van der Waals surface area contributed by atoms with Crippen molar-refractivity contribution in [1.82, 2.24) is 35.9 Å².